The lowest BCUT2D eigenvalue weighted by Crippen LogP contribution is -1.94. The number of hydrogen-bond acceptors (Lipinski definition) is 5. The summed E-state index contributed by atoms with van der Waals surface area (Å²) in [5.74, 6) is 1.48. The molecule has 0 saturated heterocycles. The number of nitrogens with one attached hydrogen (secondary N) is 2. The van der Waals surface area contributed by atoms with E-state index >= 15 is 0 Å². The Bertz CT molecular complexity index is 738. The standard InChI is InChI=1S/C14H13BrN4S2/c1-9-4-2-3-5-11(9)16-13-17-14(19-18-13)20-8-10-6-7-12(15)21-10/h2-7H,8H2,1H3,(H2,16,17,18,19). The summed E-state index contributed by atoms with van der Waals surface area (Å²) in [5, 5.41) is 11.2. The Morgan fingerprint density at radius 2 is 2.14 bits per heavy atom. The molecular formula is C14H13BrN4S2. The van der Waals surface area contributed by atoms with E-state index in [1.807, 2.05) is 18.2 Å². The van der Waals surface area contributed by atoms with Gasteiger partial charge in [0.2, 0.25) is 5.95 Å². The highest BCUT2D eigenvalue weighted by Crippen LogP contribution is 2.28. The van der Waals surface area contributed by atoms with Crippen LogP contribution >= 0.6 is 39.0 Å². The maximum atomic E-state index is 4.45. The molecule has 0 bridgehead atoms. The number of para-hydroxylation sites is 1. The van der Waals surface area contributed by atoms with E-state index in [1.165, 1.54) is 10.4 Å². The number of H-pyrrole nitrogens is 1. The number of thioether (sulfide) groups is 1. The van der Waals surface area contributed by atoms with Crippen molar-refractivity contribution in [2.45, 2.75) is 17.8 Å². The minimum absolute atomic E-state index is 0.596. The highest BCUT2D eigenvalue weighted by Gasteiger charge is 2.06. The van der Waals surface area contributed by atoms with Gasteiger partial charge in [0.1, 0.15) is 0 Å². The van der Waals surface area contributed by atoms with E-state index in [2.05, 4.69) is 61.6 Å². The largest absolute Gasteiger partial charge is 0.323 e. The molecule has 2 N–H and O–H groups in total. The molecule has 3 rings (SSSR count). The molecular weight excluding hydrogens is 368 g/mol. The van der Waals surface area contributed by atoms with Crippen molar-refractivity contribution >= 4 is 50.7 Å². The van der Waals surface area contributed by atoms with E-state index in [0.29, 0.717) is 5.95 Å². The van der Waals surface area contributed by atoms with Crippen molar-refractivity contribution in [3.63, 3.8) is 0 Å². The van der Waals surface area contributed by atoms with Gasteiger partial charge in [0.05, 0.1) is 3.79 Å². The van der Waals surface area contributed by atoms with E-state index in [4.69, 9.17) is 0 Å². The quantitative estimate of drug-likeness (QED) is 0.613. The summed E-state index contributed by atoms with van der Waals surface area (Å²) >= 11 is 6.85. The summed E-state index contributed by atoms with van der Waals surface area (Å²) in [5.41, 5.74) is 2.19. The number of rotatable bonds is 5. The fourth-order valence-corrected chi connectivity index (χ4v) is 4.10. The van der Waals surface area contributed by atoms with Crippen molar-refractivity contribution in [1.29, 1.82) is 0 Å². The normalized spacial score (nSPS) is 10.8. The Morgan fingerprint density at radius 1 is 1.29 bits per heavy atom. The SMILES string of the molecule is Cc1ccccc1Nc1n[nH]c(SCc2ccc(Br)s2)n1. The zero-order valence-electron chi connectivity index (χ0n) is 11.3. The summed E-state index contributed by atoms with van der Waals surface area (Å²) in [4.78, 5) is 5.75. The molecule has 0 atom stereocenters. The molecule has 2 heterocycles. The summed E-state index contributed by atoms with van der Waals surface area (Å²) in [6, 6.07) is 12.3. The van der Waals surface area contributed by atoms with Gasteiger partial charge in [-0.3, -0.25) is 5.10 Å². The first-order valence-corrected chi connectivity index (χ1v) is 8.92. The minimum Gasteiger partial charge on any atom is -0.323 e. The number of halogens is 1. The van der Waals surface area contributed by atoms with Crippen LogP contribution < -0.4 is 5.32 Å². The van der Waals surface area contributed by atoms with Crippen molar-refractivity contribution in [2.75, 3.05) is 5.32 Å². The molecule has 0 aliphatic carbocycles. The predicted octanol–water partition coefficient (Wildman–Crippen LogP) is 4.97. The number of aromatic amines is 1. The van der Waals surface area contributed by atoms with Crippen LogP contribution in [0.5, 0.6) is 0 Å². The van der Waals surface area contributed by atoms with Crippen LogP contribution in [-0.2, 0) is 5.75 Å². The third kappa shape index (κ3) is 3.87. The predicted molar refractivity (Wildman–Crippen MR) is 92.4 cm³/mol. The smallest absolute Gasteiger partial charge is 0.247 e. The molecule has 0 saturated carbocycles. The first kappa shape index (κ1) is 14.6. The van der Waals surface area contributed by atoms with Gasteiger partial charge in [-0.05, 0) is 46.6 Å². The number of aromatic nitrogens is 3. The lowest BCUT2D eigenvalue weighted by atomic mass is 10.2. The van der Waals surface area contributed by atoms with Crippen LogP contribution in [0.15, 0.2) is 45.3 Å². The van der Waals surface area contributed by atoms with Crippen LogP contribution in [0, 0.1) is 6.92 Å². The third-order valence-corrected chi connectivity index (χ3v) is 5.55. The summed E-state index contributed by atoms with van der Waals surface area (Å²) in [6.45, 7) is 2.05. The van der Waals surface area contributed by atoms with E-state index in [0.717, 1.165) is 20.4 Å². The minimum atomic E-state index is 0.596. The molecule has 0 aliphatic heterocycles. The third-order valence-electron chi connectivity index (χ3n) is 2.84. The average Bonchev–Trinajstić information content (AvgIpc) is 3.08. The van der Waals surface area contributed by atoms with Crippen LogP contribution in [-0.4, -0.2) is 15.2 Å². The van der Waals surface area contributed by atoms with Crippen molar-refractivity contribution in [1.82, 2.24) is 15.2 Å². The van der Waals surface area contributed by atoms with E-state index in [9.17, 15) is 0 Å². The van der Waals surface area contributed by atoms with Crippen molar-refractivity contribution < 1.29 is 0 Å². The first-order valence-electron chi connectivity index (χ1n) is 6.33. The van der Waals surface area contributed by atoms with E-state index in [1.54, 1.807) is 23.1 Å². The number of nitrogens with zero attached hydrogens (tertiary/aromatic N) is 2. The van der Waals surface area contributed by atoms with Gasteiger partial charge in [-0.15, -0.1) is 16.4 Å². The molecule has 2 aromatic heterocycles. The highest BCUT2D eigenvalue weighted by molar-refractivity contribution is 9.11. The van der Waals surface area contributed by atoms with Crippen LogP contribution in [0.25, 0.3) is 0 Å². The summed E-state index contributed by atoms with van der Waals surface area (Å²) < 4.78 is 1.15. The number of benzene rings is 1. The highest BCUT2D eigenvalue weighted by atomic mass is 79.9. The monoisotopic (exact) mass is 380 g/mol. The molecule has 7 heteroatoms. The van der Waals surface area contributed by atoms with Gasteiger partial charge >= 0.3 is 0 Å². The Kier molecular flexibility index (Phi) is 4.62. The maximum Gasteiger partial charge on any atom is 0.247 e. The van der Waals surface area contributed by atoms with Crippen LogP contribution in [0.4, 0.5) is 11.6 Å². The number of aryl methyl sites for hydroxylation is 1. The second kappa shape index (κ2) is 6.64. The second-order valence-corrected chi connectivity index (χ2v) is 7.91. The van der Waals surface area contributed by atoms with Gasteiger partial charge in [0, 0.05) is 16.3 Å². The Hall–Kier alpha value is -1.31. The van der Waals surface area contributed by atoms with Gasteiger partial charge in [0.15, 0.2) is 5.16 Å². The lowest BCUT2D eigenvalue weighted by Gasteiger charge is -2.04. The molecule has 108 valence electrons. The first-order chi connectivity index (χ1) is 10.2. The van der Waals surface area contributed by atoms with E-state index in [-0.39, 0.29) is 0 Å². The molecule has 0 radical (unpaired) electrons. The zero-order valence-corrected chi connectivity index (χ0v) is 14.5. The van der Waals surface area contributed by atoms with Crippen molar-refractivity contribution in [2.24, 2.45) is 0 Å². The molecule has 0 unspecified atom stereocenters. The number of hydrogen-bond donors (Lipinski definition) is 2. The van der Waals surface area contributed by atoms with Crippen molar-refractivity contribution in [3.05, 3.63) is 50.6 Å². The maximum absolute atomic E-state index is 4.45. The van der Waals surface area contributed by atoms with Crippen molar-refractivity contribution in [3.8, 4) is 0 Å². The molecule has 0 aliphatic rings. The molecule has 1 aromatic carbocycles. The Labute approximate surface area is 139 Å². The van der Waals surface area contributed by atoms with Gasteiger partial charge < -0.3 is 5.32 Å². The average molecular weight is 381 g/mol. The molecule has 21 heavy (non-hydrogen) atoms. The van der Waals surface area contributed by atoms with Gasteiger partial charge in [-0.25, -0.2) is 0 Å². The molecule has 0 spiro atoms. The Morgan fingerprint density at radius 3 is 2.90 bits per heavy atom. The lowest BCUT2D eigenvalue weighted by molar-refractivity contribution is 0.973. The van der Waals surface area contributed by atoms with Gasteiger partial charge in [0.25, 0.3) is 0 Å². The van der Waals surface area contributed by atoms with Gasteiger partial charge in [-0.2, -0.15) is 4.98 Å². The Balaban J connectivity index is 1.62. The fourth-order valence-electron chi connectivity index (χ4n) is 1.77. The zero-order chi connectivity index (χ0) is 14.7. The molecule has 3 aromatic rings. The van der Waals surface area contributed by atoms with Crippen LogP contribution in [0.1, 0.15) is 10.4 Å². The number of anilines is 2. The second-order valence-electron chi connectivity index (χ2n) is 4.40. The van der Waals surface area contributed by atoms with E-state index < -0.39 is 0 Å². The molecule has 4 nitrogen and oxygen atoms in total. The summed E-state index contributed by atoms with van der Waals surface area (Å²) in [7, 11) is 0. The van der Waals surface area contributed by atoms with Crippen LogP contribution in [0.3, 0.4) is 0 Å². The molecule has 0 amide bonds. The summed E-state index contributed by atoms with van der Waals surface area (Å²) in [6.07, 6.45) is 0. The van der Waals surface area contributed by atoms with Crippen LogP contribution in [0.2, 0.25) is 0 Å². The van der Waals surface area contributed by atoms with Gasteiger partial charge in [-0.1, -0.05) is 30.0 Å². The fraction of sp³-hybridized carbons (Fsp3) is 0.143. The topological polar surface area (TPSA) is 53.6 Å². The molecule has 0 fully saturated rings. The number of thiophene rings is 1.